The van der Waals surface area contributed by atoms with Gasteiger partial charge in [-0.1, -0.05) is 0 Å². The van der Waals surface area contributed by atoms with Crippen LogP contribution in [0.25, 0.3) is 0 Å². The standard InChI is InChI=1S/C3H8N3O3PS/c4-1(7)10(11,2(5)8)3(6)9/h10-11H,(H2,4,7)(H2,5,8)(H2,6,9). The zero-order valence-corrected chi connectivity index (χ0v) is 7.30. The van der Waals surface area contributed by atoms with Crippen LogP contribution in [0.15, 0.2) is 0 Å². The molecule has 0 bridgehead atoms. The van der Waals surface area contributed by atoms with E-state index in [4.69, 9.17) is 17.2 Å². The van der Waals surface area contributed by atoms with Crippen molar-refractivity contribution in [1.29, 1.82) is 0 Å². The van der Waals surface area contributed by atoms with Gasteiger partial charge in [0.2, 0.25) is 0 Å². The molecule has 8 heteroatoms. The number of thiol groups is 1. The maximum atomic E-state index is 10.5. The number of rotatable bonds is 3. The van der Waals surface area contributed by atoms with Gasteiger partial charge in [0, 0.05) is 0 Å². The van der Waals surface area contributed by atoms with Crippen LogP contribution in [0, 0.1) is 0 Å². The molecule has 0 saturated heterocycles. The minimum atomic E-state index is -3.87. The van der Waals surface area contributed by atoms with Gasteiger partial charge >= 0.3 is 67.2 Å². The van der Waals surface area contributed by atoms with Crippen LogP contribution in [0.2, 0.25) is 0 Å². The van der Waals surface area contributed by atoms with Crippen molar-refractivity contribution < 1.29 is 14.4 Å². The quantitative estimate of drug-likeness (QED) is 0.369. The van der Waals surface area contributed by atoms with Gasteiger partial charge in [0.05, 0.1) is 0 Å². The molecule has 6 nitrogen and oxygen atoms in total. The fourth-order valence-electron chi connectivity index (χ4n) is 0.364. The summed E-state index contributed by atoms with van der Waals surface area (Å²) in [6.07, 6.45) is 0. The average molecular weight is 197 g/mol. The number of hydrogen-bond donors (Lipinski definition) is 4. The van der Waals surface area contributed by atoms with Crippen molar-refractivity contribution in [3.05, 3.63) is 0 Å². The molecule has 0 spiro atoms. The Bertz CT molecular complexity index is 194. The summed E-state index contributed by atoms with van der Waals surface area (Å²) in [4.78, 5) is 31.5. The molecule has 6 N–H and O–H groups in total. The Hall–Kier alpha value is -0.810. The summed E-state index contributed by atoms with van der Waals surface area (Å²) in [5.74, 6) is 0. The predicted molar refractivity (Wildman–Crippen MR) is 46.1 cm³/mol. The first-order chi connectivity index (χ1) is 4.83. The zero-order valence-electron chi connectivity index (χ0n) is 5.40. The number of nitrogens with two attached hydrogens (primary N) is 3. The van der Waals surface area contributed by atoms with Gasteiger partial charge in [0.25, 0.3) is 0 Å². The molecule has 64 valence electrons. The molecule has 0 atom stereocenters. The fraction of sp³-hybridized carbons (Fsp3) is 0. The first-order valence-electron chi connectivity index (χ1n) is 2.45. The van der Waals surface area contributed by atoms with Crippen molar-refractivity contribution in [2.45, 2.75) is 0 Å². The number of carbonyl (C=O) groups excluding carboxylic acids is 3. The van der Waals surface area contributed by atoms with Crippen molar-refractivity contribution in [3.63, 3.8) is 0 Å². The molecular formula is C3H8N3O3PS. The van der Waals surface area contributed by atoms with Crippen molar-refractivity contribution >= 4 is 35.7 Å². The summed E-state index contributed by atoms with van der Waals surface area (Å²) >= 11 is 3.52. The molecule has 0 fully saturated rings. The molecule has 0 aromatic rings. The van der Waals surface area contributed by atoms with Gasteiger partial charge in [0.15, 0.2) is 0 Å². The van der Waals surface area contributed by atoms with E-state index in [1.165, 1.54) is 0 Å². The van der Waals surface area contributed by atoms with E-state index in [9.17, 15) is 14.4 Å². The molecule has 0 aliphatic rings. The van der Waals surface area contributed by atoms with Crippen LogP contribution in [0.1, 0.15) is 0 Å². The molecule has 0 saturated carbocycles. The fourth-order valence-corrected chi connectivity index (χ4v) is 1.09. The van der Waals surface area contributed by atoms with E-state index in [1.54, 1.807) is 0 Å². The molecule has 0 aliphatic carbocycles. The Morgan fingerprint density at radius 1 is 0.909 bits per heavy atom. The molecule has 0 heterocycles. The second kappa shape index (κ2) is 3.06. The second-order valence-electron chi connectivity index (χ2n) is 1.80. The molecule has 11 heavy (non-hydrogen) atoms. The maximum absolute atomic E-state index is 10.5. The van der Waals surface area contributed by atoms with Gasteiger partial charge < -0.3 is 0 Å². The molecule has 0 rings (SSSR count). The summed E-state index contributed by atoms with van der Waals surface area (Å²) in [5, 5.41) is 0. The Labute approximate surface area is 68.0 Å². The molecule has 0 aromatic heterocycles. The molecule has 0 radical (unpaired) electrons. The van der Waals surface area contributed by atoms with Crippen LogP contribution in [0.5, 0.6) is 0 Å². The van der Waals surface area contributed by atoms with Crippen LogP contribution in [-0.2, 0) is 0 Å². The Kier molecular flexibility index (Phi) is 2.84. The summed E-state index contributed by atoms with van der Waals surface area (Å²) in [6, 6.07) is 0. The van der Waals surface area contributed by atoms with Crippen molar-refractivity contribution in [1.82, 2.24) is 0 Å². The van der Waals surface area contributed by atoms with Crippen LogP contribution >= 0.6 is 18.7 Å². The Morgan fingerprint density at radius 2 is 1.09 bits per heavy atom. The number of amides is 3. The number of carbonyl (C=O) groups is 3. The Balaban J connectivity index is 4.99. The van der Waals surface area contributed by atoms with Gasteiger partial charge in [0.1, 0.15) is 0 Å². The van der Waals surface area contributed by atoms with E-state index >= 15 is 0 Å². The average Bonchev–Trinajstić information content (AvgIpc) is 1.84. The third-order valence-corrected chi connectivity index (χ3v) is 5.19. The van der Waals surface area contributed by atoms with E-state index in [2.05, 4.69) is 12.2 Å². The molecular weight excluding hydrogens is 189 g/mol. The third-order valence-electron chi connectivity index (χ3n) is 1.07. The van der Waals surface area contributed by atoms with Crippen LogP contribution in [0.4, 0.5) is 14.4 Å². The van der Waals surface area contributed by atoms with Crippen LogP contribution in [-0.4, -0.2) is 16.9 Å². The Morgan fingerprint density at radius 3 is 1.09 bits per heavy atom. The predicted octanol–water partition coefficient (Wildman–Crippen LogP) is -0.183. The number of hydrogen-bond acceptors (Lipinski definition) is 4. The topological polar surface area (TPSA) is 129 Å². The third kappa shape index (κ3) is 1.61. The number of primary amides is 3. The zero-order chi connectivity index (χ0) is 9.23. The summed E-state index contributed by atoms with van der Waals surface area (Å²) < 4.78 is 0. The SMILES string of the molecule is NC(=O)[PH](S)(C(N)=O)C(N)=O. The summed E-state index contributed by atoms with van der Waals surface area (Å²) in [5.41, 5.74) is 10.7. The van der Waals surface area contributed by atoms with Gasteiger partial charge in [-0.05, 0) is 0 Å². The minimum absolute atomic E-state index is 1.14. The normalized spacial score (nSPS) is 12.1. The molecule has 0 unspecified atom stereocenters. The van der Waals surface area contributed by atoms with Crippen molar-refractivity contribution in [2.75, 3.05) is 0 Å². The summed E-state index contributed by atoms with van der Waals surface area (Å²) in [6.45, 7) is -3.87. The van der Waals surface area contributed by atoms with Gasteiger partial charge in [-0.25, -0.2) is 0 Å². The second-order valence-corrected chi connectivity index (χ2v) is 6.71. The van der Waals surface area contributed by atoms with E-state index in [0.717, 1.165) is 0 Å². The first kappa shape index (κ1) is 10.2. The van der Waals surface area contributed by atoms with E-state index in [-0.39, 0.29) is 0 Å². The van der Waals surface area contributed by atoms with E-state index < -0.39 is 23.4 Å². The van der Waals surface area contributed by atoms with E-state index in [0.29, 0.717) is 0 Å². The first-order valence-corrected chi connectivity index (χ1v) is 5.74. The molecule has 3 amide bonds. The van der Waals surface area contributed by atoms with Crippen LogP contribution in [0.3, 0.4) is 0 Å². The molecule has 0 aliphatic heterocycles. The van der Waals surface area contributed by atoms with Crippen LogP contribution < -0.4 is 17.2 Å². The van der Waals surface area contributed by atoms with Gasteiger partial charge in [-0.15, -0.1) is 0 Å². The van der Waals surface area contributed by atoms with Crippen molar-refractivity contribution in [3.8, 4) is 0 Å². The van der Waals surface area contributed by atoms with Crippen molar-refractivity contribution in [2.24, 2.45) is 17.2 Å². The molecule has 0 aromatic carbocycles. The van der Waals surface area contributed by atoms with Gasteiger partial charge in [-0.2, -0.15) is 0 Å². The van der Waals surface area contributed by atoms with Gasteiger partial charge in [-0.3, -0.25) is 0 Å². The monoisotopic (exact) mass is 197 g/mol. The summed E-state index contributed by atoms with van der Waals surface area (Å²) in [7, 11) is 0. The van der Waals surface area contributed by atoms with E-state index in [1.807, 2.05) is 0 Å².